The van der Waals surface area contributed by atoms with E-state index in [4.69, 9.17) is 14.7 Å². The highest BCUT2D eigenvalue weighted by atomic mass is 32.1. The van der Waals surface area contributed by atoms with Crippen molar-refractivity contribution in [1.82, 2.24) is 14.9 Å². The number of allylic oxidation sites excluding steroid dienone is 1. The number of rotatable bonds is 5. The van der Waals surface area contributed by atoms with Crippen LogP contribution in [0, 0.1) is 6.92 Å². The third kappa shape index (κ3) is 4.66. The fourth-order valence-electron chi connectivity index (χ4n) is 4.89. The number of hydrogen-bond donors (Lipinski definition) is 1. The van der Waals surface area contributed by atoms with Crippen LogP contribution in [0.5, 0.6) is 11.8 Å². The molecule has 184 valence electrons. The Labute approximate surface area is 215 Å². The predicted molar refractivity (Wildman–Crippen MR) is 149 cm³/mol. The number of nitrogens with zero attached hydrogens (tertiary/aromatic N) is 5. The van der Waals surface area contributed by atoms with Crippen molar-refractivity contribution in [3.8, 4) is 11.8 Å². The summed E-state index contributed by atoms with van der Waals surface area (Å²) in [5.41, 5.74) is 6.31. The maximum Gasteiger partial charge on any atom is 0.325 e. The van der Waals surface area contributed by atoms with Gasteiger partial charge >= 0.3 is 6.01 Å². The zero-order valence-electron chi connectivity index (χ0n) is 20.9. The van der Waals surface area contributed by atoms with E-state index in [1.54, 1.807) is 11.3 Å². The topological polar surface area (TPSA) is 65.9 Å². The number of hydrogen-bond acceptors (Lipinski definition) is 8. The van der Waals surface area contributed by atoms with E-state index in [0.29, 0.717) is 18.4 Å². The number of fused-ring (bicyclic) bond motifs is 1. The molecule has 6 rings (SSSR count). The molecule has 1 saturated heterocycles. The first kappa shape index (κ1) is 22.9. The number of piperazine rings is 1. The van der Waals surface area contributed by atoms with Crippen LogP contribution in [0.3, 0.4) is 0 Å². The van der Waals surface area contributed by atoms with Gasteiger partial charge in [0.15, 0.2) is 0 Å². The lowest BCUT2D eigenvalue weighted by Gasteiger charge is -2.33. The lowest BCUT2D eigenvalue weighted by atomic mass is 10.0. The van der Waals surface area contributed by atoms with Gasteiger partial charge in [-0.2, -0.15) is 9.97 Å². The van der Waals surface area contributed by atoms with Crippen LogP contribution in [-0.2, 0) is 6.42 Å². The van der Waals surface area contributed by atoms with Crippen molar-refractivity contribution in [1.29, 1.82) is 0 Å². The van der Waals surface area contributed by atoms with Gasteiger partial charge in [0.2, 0.25) is 0 Å². The largest absolute Gasteiger partial charge is 0.424 e. The van der Waals surface area contributed by atoms with E-state index >= 15 is 0 Å². The predicted octanol–water partition coefficient (Wildman–Crippen LogP) is 5.26. The Balaban J connectivity index is 1.30. The van der Waals surface area contributed by atoms with E-state index in [1.807, 2.05) is 12.1 Å². The first-order valence-corrected chi connectivity index (χ1v) is 13.3. The van der Waals surface area contributed by atoms with Gasteiger partial charge in [0.1, 0.15) is 23.2 Å². The molecule has 7 nitrogen and oxygen atoms in total. The Hall–Kier alpha value is -3.49. The Morgan fingerprint density at radius 3 is 2.69 bits per heavy atom. The Bertz CT molecular complexity index is 1380. The van der Waals surface area contributed by atoms with Gasteiger partial charge in [0.05, 0.1) is 6.54 Å². The second-order valence-electron chi connectivity index (χ2n) is 9.69. The summed E-state index contributed by atoms with van der Waals surface area (Å²) in [7, 11) is 2.15. The van der Waals surface area contributed by atoms with Crippen LogP contribution in [0.1, 0.15) is 28.5 Å². The summed E-state index contributed by atoms with van der Waals surface area (Å²) in [4.78, 5) is 20.1. The van der Waals surface area contributed by atoms with Gasteiger partial charge in [0.25, 0.3) is 0 Å². The van der Waals surface area contributed by atoms with Crippen molar-refractivity contribution >= 4 is 40.5 Å². The molecular formula is C28H30N6OS. The van der Waals surface area contributed by atoms with Crippen LogP contribution in [-0.4, -0.2) is 60.5 Å². The minimum Gasteiger partial charge on any atom is -0.424 e. The van der Waals surface area contributed by atoms with Gasteiger partial charge in [-0.1, -0.05) is 23.8 Å². The highest BCUT2D eigenvalue weighted by molar-refractivity contribution is 7.11. The van der Waals surface area contributed by atoms with Crippen molar-refractivity contribution in [2.24, 2.45) is 4.99 Å². The molecule has 2 aromatic heterocycles. The van der Waals surface area contributed by atoms with Crippen LogP contribution in [0.15, 0.2) is 52.4 Å². The molecular weight excluding hydrogens is 468 g/mol. The van der Waals surface area contributed by atoms with Crippen LogP contribution in [0.4, 0.5) is 11.6 Å². The molecule has 8 heteroatoms. The van der Waals surface area contributed by atoms with E-state index in [0.717, 1.165) is 55.6 Å². The van der Waals surface area contributed by atoms with Gasteiger partial charge in [-0.25, -0.2) is 0 Å². The second-order valence-corrected chi connectivity index (χ2v) is 10.6. The van der Waals surface area contributed by atoms with E-state index in [1.165, 1.54) is 27.2 Å². The lowest BCUT2D eigenvalue weighted by molar-refractivity contribution is 0.311. The van der Waals surface area contributed by atoms with Gasteiger partial charge in [0, 0.05) is 37.1 Å². The van der Waals surface area contributed by atoms with Crippen LogP contribution >= 0.6 is 11.3 Å². The summed E-state index contributed by atoms with van der Waals surface area (Å²) in [6.07, 6.45) is 5.36. The molecule has 2 aliphatic heterocycles. The number of anilines is 2. The van der Waals surface area contributed by atoms with E-state index in [2.05, 4.69) is 76.7 Å². The van der Waals surface area contributed by atoms with Crippen LogP contribution in [0.2, 0.25) is 0 Å². The first-order valence-electron chi connectivity index (χ1n) is 12.4. The third-order valence-corrected chi connectivity index (χ3v) is 7.91. The molecule has 36 heavy (non-hydrogen) atoms. The third-order valence-electron chi connectivity index (χ3n) is 6.96. The quantitative estimate of drug-likeness (QED) is 0.518. The summed E-state index contributed by atoms with van der Waals surface area (Å²) < 4.78 is 6.33. The summed E-state index contributed by atoms with van der Waals surface area (Å²) in [6, 6.07) is 10.7. The van der Waals surface area contributed by atoms with Gasteiger partial charge in [-0.3, -0.25) is 4.99 Å². The molecule has 0 amide bonds. The number of aliphatic imine (C=N–C) groups is 1. The maximum atomic E-state index is 6.33. The zero-order chi connectivity index (χ0) is 24.6. The summed E-state index contributed by atoms with van der Waals surface area (Å²) in [6.45, 7) is 8.77. The summed E-state index contributed by atoms with van der Waals surface area (Å²) in [5.74, 6) is 3.15. The normalized spacial score (nSPS) is 17.5. The molecule has 0 bridgehead atoms. The van der Waals surface area contributed by atoms with Crippen molar-refractivity contribution < 1.29 is 4.74 Å². The van der Waals surface area contributed by atoms with Gasteiger partial charge in [-0.15, -0.1) is 11.3 Å². The highest BCUT2D eigenvalue weighted by Gasteiger charge is 2.21. The van der Waals surface area contributed by atoms with Gasteiger partial charge in [-0.05, 0) is 73.2 Å². The molecule has 0 saturated carbocycles. The number of thiophene rings is 1. The second kappa shape index (κ2) is 9.52. The minimum atomic E-state index is 0.344. The number of nitrogens with one attached hydrogen (secondary N) is 1. The average molecular weight is 499 g/mol. The molecule has 4 heterocycles. The number of aromatic nitrogens is 2. The standard InChI is InChI=1S/C28H30N6OS/c1-18-13-20-6-7-23(19(2)22(20)14-18)35-28-31-26(16-27(32-28)34-10-8-33(3)9-11-34)30-25-15-21(17-29-25)24-5-4-12-36-24/h4-7,12,14-16H,8-11,13,17H2,1-3H3,(H,29,30,31,32). The molecule has 1 aromatic carbocycles. The Morgan fingerprint density at radius 1 is 1.03 bits per heavy atom. The van der Waals surface area contributed by atoms with Crippen molar-refractivity contribution in [3.63, 3.8) is 0 Å². The average Bonchev–Trinajstić information content (AvgIpc) is 3.62. The minimum absolute atomic E-state index is 0.344. The van der Waals surface area contributed by atoms with Gasteiger partial charge < -0.3 is 19.9 Å². The molecule has 1 N–H and O–H groups in total. The monoisotopic (exact) mass is 498 g/mol. The van der Waals surface area contributed by atoms with Crippen molar-refractivity contribution in [3.05, 3.63) is 68.9 Å². The fraction of sp³-hybridized carbons (Fsp3) is 0.321. The molecule has 1 fully saturated rings. The van der Waals surface area contributed by atoms with Crippen LogP contribution < -0.4 is 15.0 Å². The highest BCUT2D eigenvalue weighted by Crippen LogP contribution is 2.35. The molecule has 3 aromatic rings. The summed E-state index contributed by atoms with van der Waals surface area (Å²) in [5, 5.41) is 5.50. The number of ether oxygens (including phenoxy) is 1. The molecule has 0 radical (unpaired) electrons. The Morgan fingerprint density at radius 2 is 1.89 bits per heavy atom. The Kier molecular flexibility index (Phi) is 6.07. The first-order chi connectivity index (χ1) is 17.5. The molecule has 1 aliphatic carbocycles. The number of likely N-dealkylation sites (N-methyl/N-ethyl adjacent to an activating group) is 1. The maximum absolute atomic E-state index is 6.33. The lowest BCUT2D eigenvalue weighted by Crippen LogP contribution is -2.44. The van der Waals surface area contributed by atoms with Crippen molar-refractivity contribution in [2.75, 3.05) is 50.0 Å². The van der Waals surface area contributed by atoms with E-state index in [9.17, 15) is 0 Å². The molecule has 0 unspecified atom stereocenters. The molecule has 3 aliphatic rings. The number of amidine groups is 1. The number of benzene rings is 1. The van der Waals surface area contributed by atoms with E-state index < -0.39 is 0 Å². The summed E-state index contributed by atoms with van der Waals surface area (Å²) >= 11 is 1.73. The fourth-order valence-corrected chi connectivity index (χ4v) is 5.63. The molecule has 0 atom stereocenters. The SMILES string of the molecule is CC1=Cc2c(ccc(Oc3nc(NC4=NCC(c5cccs5)=C4)cc(N4CCN(C)CC4)n3)c2C)C1. The zero-order valence-corrected chi connectivity index (χ0v) is 21.7. The smallest absolute Gasteiger partial charge is 0.325 e. The molecule has 0 spiro atoms. The van der Waals surface area contributed by atoms with Crippen LogP contribution in [0.25, 0.3) is 11.6 Å². The van der Waals surface area contributed by atoms with Crippen molar-refractivity contribution in [2.45, 2.75) is 20.3 Å². The van der Waals surface area contributed by atoms with E-state index in [-0.39, 0.29) is 0 Å².